The Labute approximate surface area is 71.2 Å². The molecule has 3 N–H and O–H groups in total. The number of fused-ring (bicyclic) bond motifs is 1. The zero-order chi connectivity index (χ0) is 8.55. The van der Waals surface area contributed by atoms with Crippen molar-refractivity contribution >= 4 is 5.71 Å². The first-order valence-electron chi connectivity index (χ1n) is 3.91. The Morgan fingerprint density at radius 3 is 2.75 bits per heavy atom. The van der Waals surface area contributed by atoms with Crippen LogP contribution in [0.1, 0.15) is 11.1 Å². The van der Waals surface area contributed by atoms with Crippen LogP contribution in [-0.2, 0) is 6.42 Å². The molecule has 0 spiro atoms. The van der Waals surface area contributed by atoms with Crippen molar-refractivity contribution in [3.05, 3.63) is 47.2 Å². The van der Waals surface area contributed by atoms with E-state index in [1.165, 1.54) is 11.8 Å². The molecule has 0 aromatic heterocycles. The molecule has 0 unspecified atom stereocenters. The lowest BCUT2D eigenvalue weighted by Crippen LogP contribution is -1.97. The molecule has 2 rings (SSSR count). The summed E-state index contributed by atoms with van der Waals surface area (Å²) >= 11 is 0. The number of hydrogen-bond acceptors (Lipinski definition) is 2. The van der Waals surface area contributed by atoms with E-state index < -0.39 is 0 Å². The van der Waals surface area contributed by atoms with Crippen molar-refractivity contribution in [3.8, 4) is 0 Å². The third kappa shape index (κ3) is 0.848. The molecule has 60 valence electrons. The van der Waals surface area contributed by atoms with Gasteiger partial charge in [0, 0.05) is 12.0 Å². The van der Waals surface area contributed by atoms with Gasteiger partial charge < -0.3 is 5.73 Å². The quantitative estimate of drug-likeness (QED) is 0.590. The summed E-state index contributed by atoms with van der Waals surface area (Å²) in [6, 6.07) is 7.95. The molecule has 1 aromatic rings. The fourth-order valence-corrected chi connectivity index (χ4v) is 1.53. The van der Waals surface area contributed by atoms with E-state index in [2.05, 4.69) is 0 Å². The van der Waals surface area contributed by atoms with Crippen molar-refractivity contribution in [1.82, 2.24) is 0 Å². The molecule has 0 atom stereocenters. The third-order valence-electron chi connectivity index (χ3n) is 2.19. The van der Waals surface area contributed by atoms with Crippen LogP contribution in [0.3, 0.4) is 0 Å². The Kier molecular flexibility index (Phi) is 1.47. The summed E-state index contributed by atoms with van der Waals surface area (Å²) in [5, 5.41) is 7.74. The van der Waals surface area contributed by atoms with Gasteiger partial charge in [0.05, 0.1) is 5.71 Å². The van der Waals surface area contributed by atoms with Gasteiger partial charge in [-0.2, -0.15) is 0 Å². The normalized spacial score (nSPS) is 18.3. The molecule has 0 fully saturated rings. The third-order valence-corrected chi connectivity index (χ3v) is 2.19. The van der Waals surface area contributed by atoms with Crippen LogP contribution in [-0.4, -0.2) is 5.71 Å². The van der Waals surface area contributed by atoms with E-state index >= 15 is 0 Å². The predicted molar refractivity (Wildman–Crippen MR) is 49.2 cm³/mol. The molecule has 2 nitrogen and oxygen atoms in total. The number of nitrogens with one attached hydrogen (secondary N) is 1. The molecule has 1 aliphatic rings. The maximum Gasteiger partial charge on any atom is 0.0664 e. The zero-order valence-corrected chi connectivity index (χ0v) is 6.67. The van der Waals surface area contributed by atoms with Crippen LogP contribution in [0.2, 0.25) is 0 Å². The maximum absolute atomic E-state index is 7.74. The summed E-state index contributed by atoms with van der Waals surface area (Å²) in [5.41, 5.74) is 9.13. The molecule has 0 saturated carbocycles. The van der Waals surface area contributed by atoms with Crippen molar-refractivity contribution in [2.24, 2.45) is 5.73 Å². The van der Waals surface area contributed by atoms with Gasteiger partial charge >= 0.3 is 0 Å². The van der Waals surface area contributed by atoms with Gasteiger partial charge in [-0.1, -0.05) is 24.3 Å². The van der Waals surface area contributed by atoms with Gasteiger partial charge in [-0.25, -0.2) is 0 Å². The minimum absolute atomic E-state index is 0.577. The van der Waals surface area contributed by atoms with E-state index in [4.69, 9.17) is 11.1 Å². The van der Waals surface area contributed by atoms with Crippen molar-refractivity contribution in [3.63, 3.8) is 0 Å². The molecular weight excluding hydrogens is 148 g/mol. The van der Waals surface area contributed by atoms with Crippen LogP contribution in [0.4, 0.5) is 0 Å². The Balaban J connectivity index is 2.56. The Morgan fingerprint density at radius 2 is 2.08 bits per heavy atom. The highest BCUT2D eigenvalue weighted by Gasteiger charge is 2.19. The lowest BCUT2D eigenvalue weighted by Gasteiger charge is -1.94. The smallest absolute Gasteiger partial charge is 0.0664 e. The van der Waals surface area contributed by atoms with Crippen LogP contribution in [0.25, 0.3) is 0 Å². The van der Waals surface area contributed by atoms with E-state index in [-0.39, 0.29) is 0 Å². The monoisotopic (exact) mass is 158 g/mol. The fraction of sp³-hybridized carbons (Fsp3) is 0.100. The number of allylic oxidation sites excluding steroid dienone is 1. The van der Waals surface area contributed by atoms with E-state index in [1.807, 2.05) is 24.3 Å². The van der Waals surface area contributed by atoms with Crippen LogP contribution in [0.5, 0.6) is 0 Å². The predicted octanol–water partition coefficient (Wildman–Crippen LogP) is 1.45. The van der Waals surface area contributed by atoms with Gasteiger partial charge in [0.25, 0.3) is 0 Å². The van der Waals surface area contributed by atoms with Gasteiger partial charge in [0.1, 0.15) is 0 Å². The maximum atomic E-state index is 7.74. The first kappa shape index (κ1) is 7.10. The van der Waals surface area contributed by atoms with Gasteiger partial charge in [-0.05, 0) is 17.3 Å². The van der Waals surface area contributed by atoms with Crippen molar-refractivity contribution in [1.29, 1.82) is 5.41 Å². The summed E-state index contributed by atoms with van der Waals surface area (Å²) in [6.45, 7) is 0. The minimum atomic E-state index is 0.577. The van der Waals surface area contributed by atoms with E-state index in [9.17, 15) is 0 Å². The lowest BCUT2D eigenvalue weighted by molar-refractivity contribution is 1.25. The van der Waals surface area contributed by atoms with Crippen LogP contribution in [0.15, 0.2) is 36.0 Å². The van der Waals surface area contributed by atoms with Crippen molar-refractivity contribution in [2.75, 3.05) is 0 Å². The second-order valence-electron chi connectivity index (χ2n) is 2.90. The average Bonchev–Trinajstić information content (AvgIpc) is 2.44. The molecule has 0 amide bonds. The number of benzene rings is 1. The molecule has 1 aromatic carbocycles. The first-order valence-corrected chi connectivity index (χ1v) is 3.91. The minimum Gasteiger partial charge on any atom is -0.404 e. The fourth-order valence-electron chi connectivity index (χ4n) is 1.53. The second-order valence-corrected chi connectivity index (χ2v) is 2.90. The van der Waals surface area contributed by atoms with E-state index in [0.717, 1.165) is 17.6 Å². The van der Waals surface area contributed by atoms with Gasteiger partial charge in [0.15, 0.2) is 0 Å². The summed E-state index contributed by atoms with van der Waals surface area (Å²) in [5.74, 6) is 0. The number of rotatable bonds is 0. The molecule has 12 heavy (non-hydrogen) atoms. The van der Waals surface area contributed by atoms with Crippen molar-refractivity contribution < 1.29 is 0 Å². The SMILES string of the molecule is N=C1C(=CN)Cc2ccccc21. The summed E-state index contributed by atoms with van der Waals surface area (Å²) in [7, 11) is 0. The Morgan fingerprint density at radius 1 is 1.33 bits per heavy atom. The standard InChI is InChI=1S/C10H10N2/c11-6-8-5-7-3-1-2-4-9(7)10(8)12/h1-4,6,12H,5,11H2. The summed E-state index contributed by atoms with van der Waals surface area (Å²) in [4.78, 5) is 0. The van der Waals surface area contributed by atoms with E-state index in [1.54, 1.807) is 0 Å². The van der Waals surface area contributed by atoms with Gasteiger partial charge in [-0.15, -0.1) is 0 Å². The first-order chi connectivity index (χ1) is 5.83. The Hall–Kier alpha value is -1.57. The topological polar surface area (TPSA) is 49.9 Å². The molecule has 0 heterocycles. The number of hydrogen-bond donors (Lipinski definition) is 2. The van der Waals surface area contributed by atoms with E-state index in [0.29, 0.717) is 5.71 Å². The number of nitrogens with two attached hydrogens (primary N) is 1. The molecule has 1 aliphatic carbocycles. The van der Waals surface area contributed by atoms with Crippen LogP contribution < -0.4 is 5.73 Å². The highest BCUT2D eigenvalue weighted by Crippen LogP contribution is 2.24. The zero-order valence-electron chi connectivity index (χ0n) is 6.67. The largest absolute Gasteiger partial charge is 0.404 e. The molecule has 2 heteroatoms. The molecule has 0 aliphatic heterocycles. The molecule has 0 bridgehead atoms. The highest BCUT2D eigenvalue weighted by molar-refractivity contribution is 6.14. The van der Waals surface area contributed by atoms with Crippen molar-refractivity contribution in [2.45, 2.75) is 6.42 Å². The van der Waals surface area contributed by atoms with Gasteiger partial charge in [0.2, 0.25) is 0 Å². The Bertz CT molecular complexity index is 364. The second kappa shape index (κ2) is 2.48. The molecular formula is C10H10N2. The highest BCUT2D eigenvalue weighted by atomic mass is 14.5. The van der Waals surface area contributed by atoms with Gasteiger partial charge in [-0.3, -0.25) is 5.41 Å². The average molecular weight is 158 g/mol. The van der Waals surface area contributed by atoms with Crippen LogP contribution in [0, 0.1) is 5.41 Å². The summed E-state index contributed by atoms with van der Waals surface area (Å²) in [6.07, 6.45) is 2.34. The summed E-state index contributed by atoms with van der Waals surface area (Å²) < 4.78 is 0. The van der Waals surface area contributed by atoms with Crippen LogP contribution >= 0.6 is 0 Å². The molecule has 0 saturated heterocycles. The lowest BCUT2D eigenvalue weighted by atomic mass is 10.1. The molecule has 0 radical (unpaired) electrons.